The van der Waals surface area contributed by atoms with Gasteiger partial charge in [-0.15, -0.1) is 0 Å². The second-order valence-electron chi connectivity index (χ2n) is 4.07. The smallest absolute Gasteiger partial charge is 0.316 e. The Bertz CT molecular complexity index is 612. The molecule has 1 aromatic rings. The largest absolute Gasteiger partial charge is 0.497 e. The van der Waals surface area contributed by atoms with E-state index in [0.29, 0.717) is 12.1 Å². The third-order valence-corrected chi connectivity index (χ3v) is 2.99. The summed E-state index contributed by atoms with van der Waals surface area (Å²) >= 11 is 0. The minimum absolute atomic E-state index is 0.233. The van der Waals surface area contributed by atoms with Gasteiger partial charge < -0.3 is 15.2 Å². The highest BCUT2D eigenvalue weighted by molar-refractivity contribution is 5.99. The number of carboxylic acid groups (broad SMARTS) is 1. The Labute approximate surface area is 111 Å². The summed E-state index contributed by atoms with van der Waals surface area (Å²) in [6.07, 6.45) is 0. The van der Waals surface area contributed by atoms with Crippen molar-refractivity contribution in [1.29, 1.82) is 0 Å². The molecule has 0 radical (unpaired) electrons. The lowest BCUT2D eigenvalue weighted by molar-refractivity contribution is -0.145. The first-order chi connectivity index (χ1) is 10.1. The summed E-state index contributed by atoms with van der Waals surface area (Å²) < 4.78 is 53.2. The van der Waals surface area contributed by atoms with Crippen molar-refractivity contribution in [3.05, 3.63) is 29.3 Å². The topological polar surface area (TPSA) is 75.6 Å². The fourth-order valence-corrected chi connectivity index (χ4v) is 2.15. The van der Waals surface area contributed by atoms with E-state index in [0.717, 1.165) is 0 Å². The van der Waals surface area contributed by atoms with Crippen LogP contribution in [0.1, 0.15) is 15.6 Å². The molecule has 7 heteroatoms. The van der Waals surface area contributed by atoms with Gasteiger partial charge in [0.15, 0.2) is 0 Å². The normalized spacial score (nSPS) is 25.2. The Hall–Kier alpha value is -2.18. The molecule has 1 aliphatic rings. The van der Waals surface area contributed by atoms with Gasteiger partial charge >= 0.3 is 5.97 Å². The van der Waals surface area contributed by atoms with Crippen LogP contribution in [-0.4, -0.2) is 30.6 Å². The van der Waals surface area contributed by atoms with Crippen molar-refractivity contribution in [1.82, 2.24) is 5.32 Å². The molecule has 5 nitrogen and oxygen atoms in total. The molecule has 1 heterocycles. The van der Waals surface area contributed by atoms with Gasteiger partial charge in [0.05, 0.1) is 11.2 Å². The number of hydrogen-bond donors (Lipinski definition) is 2. The molecule has 2 rings (SSSR count). The fourth-order valence-electron chi connectivity index (χ4n) is 2.15. The van der Waals surface area contributed by atoms with Crippen LogP contribution >= 0.6 is 0 Å². The number of carboxylic acids is 1. The third kappa shape index (κ3) is 2.23. The van der Waals surface area contributed by atoms with Gasteiger partial charge in [-0.2, -0.15) is 0 Å². The average Bonchev–Trinajstić information content (AvgIpc) is 2.67. The summed E-state index contributed by atoms with van der Waals surface area (Å²) in [4.78, 5) is 22.5. The minimum Gasteiger partial charge on any atom is -0.497 e. The first kappa shape index (κ1) is 9.71. The van der Waals surface area contributed by atoms with E-state index in [4.69, 9.17) is 9.22 Å². The molecule has 2 unspecified atom stereocenters. The minimum atomic E-state index is -2.88. The highest BCUT2D eigenvalue weighted by Gasteiger charge is 2.43. The number of halogens is 2. The molecule has 0 saturated carbocycles. The third-order valence-electron chi connectivity index (χ3n) is 2.99. The van der Waals surface area contributed by atoms with Crippen LogP contribution in [0, 0.1) is 17.6 Å². The number of benzene rings is 1. The Kier molecular flexibility index (Phi) is 2.47. The van der Waals surface area contributed by atoms with Crippen LogP contribution in [0.15, 0.2) is 12.1 Å². The molecule has 1 aliphatic heterocycles. The second-order valence-corrected chi connectivity index (χ2v) is 4.07. The maximum atomic E-state index is 14.1. The predicted octanol–water partition coefficient (Wildman–Crippen LogP) is 0.888. The van der Waals surface area contributed by atoms with Gasteiger partial charge in [-0.05, 0) is 0 Å². The van der Waals surface area contributed by atoms with Crippen molar-refractivity contribution < 1.29 is 32.3 Å². The highest BCUT2D eigenvalue weighted by atomic mass is 19.1. The number of carbonyl (C=O) groups is 2. The summed E-state index contributed by atoms with van der Waals surface area (Å²) in [6.45, 7) is -0.233. The zero-order valence-corrected chi connectivity index (χ0v) is 9.44. The Morgan fingerprint density at radius 2 is 2.16 bits per heavy atom. The van der Waals surface area contributed by atoms with Gasteiger partial charge in [0.1, 0.15) is 23.3 Å². The molecule has 1 amide bonds. The van der Waals surface area contributed by atoms with Gasteiger partial charge in [-0.1, -0.05) is 0 Å². The lowest BCUT2D eigenvalue weighted by atomic mass is 9.88. The van der Waals surface area contributed by atoms with Crippen molar-refractivity contribution >= 4 is 11.9 Å². The Morgan fingerprint density at radius 3 is 2.68 bits per heavy atom. The molecule has 1 fully saturated rings. The van der Waals surface area contributed by atoms with Crippen LogP contribution in [0.4, 0.5) is 8.78 Å². The van der Waals surface area contributed by atoms with Crippen molar-refractivity contribution in [2.75, 3.05) is 13.6 Å². The van der Waals surface area contributed by atoms with E-state index in [2.05, 4.69) is 10.1 Å². The van der Waals surface area contributed by atoms with E-state index < -0.39 is 53.7 Å². The Morgan fingerprint density at radius 1 is 1.53 bits per heavy atom. The lowest BCUT2D eigenvalue weighted by Crippen LogP contribution is -2.27. The van der Waals surface area contributed by atoms with Crippen molar-refractivity contribution in [3.8, 4) is 5.75 Å². The van der Waals surface area contributed by atoms with E-state index in [1.165, 1.54) is 0 Å². The van der Waals surface area contributed by atoms with Crippen LogP contribution in [0.5, 0.6) is 5.75 Å². The van der Waals surface area contributed by atoms with E-state index in [-0.39, 0.29) is 6.54 Å². The Balaban J connectivity index is 2.40. The number of nitrogens with one attached hydrogen (secondary N) is 1. The van der Waals surface area contributed by atoms with E-state index in [9.17, 15) is 18.4 Å². The van der Waals surface area contributed by atoms with E-state index in [1.807, 2.05) is 0 Å². The lowest BCUT2D eigenvalue weighted by Gasteiger charge is -2.16. The molecular weight excluding hydrogens is 260 g/mol. The van der Waals surface area contributed by atoms with Crippen LogP contribution in [0.2, 0.25) is 0 Å². The zero-order chi connectivity index (χ0) is 16.7. The van der Waals surface area contributed by atoms with Crippen molar-refractivity contribution in [2.24, 2.45) is 5.92 Å². The molecule has 102 valence electrons. The zero-order valence-electron chi connectivity index (χ0n) is 12.4. The standard InChI is InChI=1S/C12H11F2NO4/c1-19-5-2-7(13)9(8(14)3-5)6-4-15-11(16)10(6)12(17)18/h2-3,6,10H,4H2,1H3,(H,15,16)(H,17,18)/i1D3. The van der Waals surface area contributed by atoms with E-state index in [1.54, 1.807) is 0 Å². The van der Waals surface area contributed by atoms with Gasteiger partial charge in [0.2, 0.25) is 5.91 Å². The number of hydrogen-bond acceptors (Lipinski definition) is 3. The molecule has 1 saturated heterocycles. The summed E-state index contributed by atoms with van der Waals surface area (Å²) in [6, 6.07) is 1.29. The van der Waals surface area contributed by atoms with Crippen LogP contribution in [-0.2, 0) is 9.59 Å². The number of aliphatic carboxylic acids is 1. The number of ether oxygens (including phenoxy) is 1. The second kappa shape index (κ2) is 4.83. The number of carbonyl (C=O) groups excluding carboxylic acids is 1. The summed E-state index contributed by atoms with van der Waals surface area (Å²) in [7, 11) is -2.88. The molecule has 0 spiro atoms. The molecule has 1 aromatic carbocycles. The summed E-state index contributed by atoms with van der Waals surface area (Å²) in [5.41, 5.74) is -0.594. The molecular formula is C12H11F2NO4. The first-order valence-corrected chi connectivity index (χ1v) is 5.28. The van der Waals surface area contributed by atoms with E-state index >= 15 is 0 Å². The van der Waals surface area contributed by atoms with Crippen molar-refractivity contribution in [2.45, 2.75) is 5.92 Å². The molecule has 19 heavy (non-hydrogen) atoms. The number of amides is 1. The molecule has 2 N–H and O–H groups in total. The predicted molar refractivity (Wildman–Crippen MR) is 59.8 cm³/mol. The quantitative estimate of drug-likeness (QED) is 0.803. The summed E-state index contributed by atoms with van der Waals surface area (Å²) in [5.74, 6) is -8.08. The molecule has 0 bridgehead atoms. The van der Waals surface area contributed by atoms with Crippen LogP contribution in [0.25, 0.3) is 0 Å². The van der Waals surface area contributed by atoms with Crippen molar-refractivity contribution in [3.63, 3.8) is 0 Å². The summed E-state index contributed by atoms with van der Waals surface area (Å²) in [5, 5.41) is 11.2. The fraction of sp³-hybridized carbons (Fsp3) is 0.333. The van der Waals surface area contributed by atoms with Crippen LogP contribution < -0.4 is 10.1 Å². The van der Waals surface area contributed by atoms with Crippen LogP contribution in [0.3, 0.4) is 0 Å². The molecule has 0 aromatic heterocycles. The SMILES string of the molecule is [2H]C([2H])([2H])Oc1cc(F)c(C2CNC(=O)C2C(=O)O)c(F)c1. The highest BCUT2D eigenvalue weighted by Crippen LogP contribution is 2.34. The van der Waals surface area contributed by atoms with Gasteiger partial charge in [-0.3, -0.25) is 9.59 Å². The molecule has 2 atom stereocenters. The monoisotopic (exact) mass is 274 g/mol. The number of methoxy groups -OCH3 is 1. The number of rotatable bonds is 3. The first-order valence-electron chi connectivity index (χ1n) is 6.78. The van der Waals surface area contributed by atoms with Gasteiger partial charge in [0.25, 0.3) is 0 Å². The maximum Gasteiger partial charge on any atom is 0.316 e. The average molecular weight is 274 g/mol. The van der Waals surface area contributed by atoms with Gasteiger partial charge in [-0.25, -0.2) is 8.78 Å². The maximum absolute atomic E-state index is 14.1. The molecule has 0 aliphatic carbocycles. The van der Waals surface area contributed by atoms with Gasteiger partial charge in [0, 0.05) is 30.2 Å².